The fourth-order valence-corrected chi connectivity index (χ4v) is 2.58. The predicted molar refractivity (Wildman–Crippen MR) is 76.1 cm³/mol. The Morgan fingerprint density at radius 3 is 2.85 bits per heavy atom. The van der Waals surface area contributed by atoms with Crippen molar-refractivity contribution >= 4 is 23.4 Å². The van der Waals surface area contributed by atoms with Crippen LogP contribution in [0.25, 0.3) is 0 Å². The maximum absolute atomic E-state index is 11.4. The lowest BCUT2D eigenvalue weighted by molar-refractivity contribution is 0.128. The lowest BCUT2D eigenvalue weighted by Gasteiger charge is -2.05. The Kier molecular flexibility index (Phi) is 5.11. The molecule has 0 atom stereocenters. The van der Waals surface area contributed by atoms with Crippen molar-refractivity contribution in [1.29, 1.82) is 0 Å². The quantitative estimate of drug-likeness (QED) is 0.673. The monoisotopic (exact) mass is 312 g/mol. The number of ether oxygens (including phenoxy) is 1. The first-order valence-electron chi connectivity index (χ1n) is 5.94. The van der Waals surface area contributed by atoms with Crippen molar-refractivity contribution in [3.63, 3.8) is 0 Å². The number of nitrogens with zero attached hydrogens (tertiary/aromatic N) is 3. The Labute approximate surface area is 125 Å². The van der Waals surface area contributed by atoms with Crippen LogP contribution in [0.1, 0.15) is 18.4 Å². The van der Waals surface area contributed by atoms with Crippen LogP contribution in [0, 0.1) is 6.92 Å². The van der Waals surface area contributed by atoms with Gasteiger partial charge in [-0.1, -0.05) is 11.6 Å². The summed E-state index contributed by atoms with van der Waals surface area (Å²) in [6.45, 7) is 4.52. The van der Waals surface area contributed by atoms with Gasteiger partial charge in [-0.3, -0.25) is 4.79 Å². The van der Waals surface area contributed by atoms with Gasteiger partial charge in [0.25, 0.3) is 5.56 Å². The molecule has 2 aromatic rings. The molecule has 0 saturated carbocycles. The Morgan fingerprint density at radius 1 is 1.35 bits per heavy atom. The van der Waals surface area contributed by atoms with E-state index in [1.54, 1.807) is 13.0 Å². The Bertz CT molecular complexity index is 662. The second-order valence-corrected chi connectivity index (χ2v) is 5.27. The molecule has 1 N–H and O–H groups in total. The first-order chi connectivity index (χ1) is 9.56. The summed E-state index contributed by atoms with van der Waals surface area (Å²) in [7, 11) is 0. The van der Waals surface area contributed by atoms with Crippen molar-refractivity contribution < 1.29 is 4.74 Å². The van der Waals surface area contributed by atoms with Crippen LogP contribution >= 0.6 is 23.4 Å². The number of rotatable bonds is 5. The zero-order valence-electron chi connectivity index (χ0n) is 11.0. The molecule has 106 valence electrons. The summed E-state index contributed by atoms with van der Waals surface area (Å²) in [6.07, 6.45) is 0. The van der Waals surface area contributed by atoms with Gasteiger partial charge in [0.1, 0.15) is 16.8 Å². The number of aromatic nitrogens is 4. The molecule has 0 fully saturated rings. The summed E-state index contributed by atoms with van der Waals surface area (Å²) in [5, 5.41) is 1.40. The van der Waals surface area contributed by atoms with Crippen LogP contribution in [-0.2, 0) is 11.3 Å². The van der Waals surface area contributed by atoms with E-state index < -0.39 is 0 Å². The SMILES string of the molecule is CCOCc1nc(Cl)cc(Sc2nc(C)cc(=O)[nH]2)n1. The van der Waals surface area contributed by atoms with Crippen molar-refractivity contribution in [3.05, 3.63) is 39.2 Å². The molecule has 8 heteroatoms. The van der Waals surface area contributed by atoms with Crippen molar-refractivity contribution in [2.45, 2.75) is 30.6 Å². The van der Waals surface area contributed by atoms with E-state index in [0.717, 1.165) is 0 Å². The number of halogens is 1. The average molecular weight is 313 g/mol. The highest BCUT2D eigenvalue weighted by Crippen LogP contribution is 2.24. The van der Waals surface area contributed by atoms with E-state index >= 15 is 0 Å². The number of nitrogens with one attached hydrogen (secondary N) is 1. The summed E-state index contributed by atoms with van der Waals surface area (Å²) in [4.78, 5) is 26.6. The van der Waals surface area contributed by atoms with Gasteiger partial charge in [0.2, 0.25) is 0 Å². The highest BCUT2D eigenvalue weighted by Gasteiger charge is 2.07. The third-order valence-corrected chi connectivity index (χ3v) is 3.20. The van der Waals surface area contributed by atoms with Crippen LogP contribution in [-0.4, -0.2) is 26.5 Å². The van der Waals surface area contributed by atoms with Crippen molar-refractivity contribution in [2.75, 3.05) is 6.61 Å². The molecule has 0 aliphatic heterocycles. The van der Waals surface area contributed by atoms with Gasteiger partial charge < -0.3 is 9.72 Å². The van der Waals surface area contributed by atoms with Gasteiger partial charge in [0.15, 0.2) is 11.0 Å². The number of hydrogen-bond acceptors (Lipinski definition) is 6. The minimum Gasteiger partial charge on any atom is -0.374 e. The highest BCUT2D eigenvalue weighted by atomic mass is 35.5. The van der Waals surface area contributed by atoms with E-state index in [2.05, 4.69) is 19.9 Å². The molecular formula is C12H13ClN4O2S. The predicted octanol–water partition coefficient (Wildman–Crippen LogP) is 2.21. The highest BCUT2D eigenvalue weighted by molar-refractivity contribution is 7.99. The smallest absolute Gasteiger partial charge is 0.251 e. The summed E-state index contributed by atoms with van der Waals surface area (Å²) < 4.78 is 5.25. The summed E-state index contributed by atoms with van der Waals surface area (Å²) in [6, 6.07) is 3.04. The minimum absolute atomic E-state index is 0.199. The first kappa shape index (κ1) is 15.0. The molecule has 20 heavy (non-hydrogen) atoms. The standard InChI is InChI=1S/C12H13ClN4O2S/c1-3-19-6-9-15-8(13)5-11(16-9)20-12-14-7(2)4-10(18)17-12/h4-5H,3,6H2,1-2H3,(H,14,17,18). The van der Waals surface area contributed by atoms with Gasteiger partial charge in [0.05, 0.1) is 0 Å². The summed E-state index contributed by atoms with van der Waals surface area (Å²) in [5.41, 5.74) is 0.445. The van der Waals surface area contributed by atoms with Gasteiger partial charge in [0, 0.05) is 24.4 Å². The Balaban J connectivity index is 2.23. The molecule has 0 aromatic carbocycles. The zero-order chi connectivity index (χ0) is 14.5. The van der Waals surface area contributed by atoms with E-state index in [9.17, 15) is 4.79 Å². The molecule has 0 aliphatic carbocycles. The Hall–Kier alpha value is -1.44. The maximum Gasteiger partial charge on any atom is 0.251 e. The molecule has 0 saturated heterocycles. The Morgan fingerprint density at radius 2 is 2.15 bits per heavy atom. The fourth-order valence-electron chi connectivity index (χ4n) is 1.45. The van der Waals surface area contributed by atoms with Crippen LogP contribution in [0.5, 0.6) is 0 Å². The van der Waals surface area contributed by atoms with Crippen LogP contribution in [0.2, 0.25) is 5.15 Å². The van der Waals surface area contributed by atoms with E-state index in [1.807, 2.05) is 6.92 Å². The zero-order valence-corrected chi connectivity index (χ0v) is 12.6. The topological polar surface area (TPSA) is 80.8 Å². The lowest BCUT2D eigenvalue weighted by atomic mass is 10.5. The third kappa shape index (κ3) is 4.29. The third-order valence-electron chi connectivity index (χ3n) is 2.20. The van der Waals surface area contributed by atoms with E-state index in [-0.39, 0.29) is 5.56 Å². The molecule has 2 heterocycles. The summed E-state index contributed by atoms with van der Waals surface area (Å²) in [5.74, 6) is 0.497. The molecule has 6 nitrogen and oxygen atoms in total. The number of aromatic amines is 1. The van der Waals surface area contributed by atoms with Crippen LogP contribution < -0.4 is 5.56 Å². The molecule has 0 amide bonds. The van der Waals surface area contributed by atoms with E-state index in [0.29, 0.717) is 40.1 Å². The number of hydrogen-bond donors (Lipinski definition) is 1. The van der Waals surface area contributed by atoms with Gasteiger partial charge in [-0.05, 0) is 25.6 Å². The van der Waals surface area contributed by atoms with E-state index in [1.165, 1.54) is 17.8 Å². The largest absolute Gasteiger partial charge is 0.374 e. The lowest BCUT2D eigenvalue weighted by Crippen LogP contribution is -2.08. The fraction of sp³-hybridized carbons (Fsp3) is 0.333. The van der Waals surface area contributed by atoms with E-state index in [4.69, 9.17) is 16.3 Å². The van der Waals surface area contributed by atoms with Crippen molar-refractivity contribution in [2.24, 2.45) is 0 Å². The van der Waals surface area contributed by atoms with Crippen LogP contribution in [0.3, 0.4) is 0 Å². The van der Waals surface area contributed by atoms with Gasteiger partial charge in [-0.2, -0.15) is 0 Å². The molecule has 2 aromatic heterocycles. The first-order valence-corrected chi connectivity index (χ1v) is 7.13. The molecule has 0 aliphatic rings. The molecule has 2 rings (SSSR count). The molecule has 0 unspecified atom stereocenters. The van der Waals surface area contributed by atoms with Gasteiger partial charge >= 0.3 is 0 Å². The minimum atomic E-state index is -0.199. The summed E-state index contributed by atoms with van der Waals surface area (Å²) >= 11 is 7.17. The van der Waals surface area contributed by atoms with Crippen LogP contribution in [0.15, 0.2) is 27.1 Å². The maximum atomic E-state index is 11.4. The van der Waals surface area contributed by atoms with Crippen molar-refractivity contribution in [3.8, 4) is 0 Å². The van der Waals surface area contributed by atoms with Gasteiger partial charge in [-0.15, -0.1) is 0 Å². The normalized spacial score (nSPS) is 10.8. The average Bonchev–Trinajstić information content (AvgIpc) is 2.34. The van der Waals surface area contributed by atoms with Gasteiger partial charge in [-0.25, -0.2) is 15.0 Å². The van der Waals surface area contributed by atoms with Crippen LogP contribution in [0.4, 0.5) is 0 Å². The molecular weight excluding hydrogens is 300 g/mol. The van der Waals surface area contributed by atoms with Crippen molar-refractivity contribution in [1.82, 2.24) is 19.9 Å². The number of H-pyrrole nitrogens is 1. The number of aryl methyl sites for hydroxylation is 1. The second kappa shape index (κ2) is 6.83. The second-order valence-electron chi connectivity index (χ2n) is 3.88. The molecule has 0 spiro atoms. The molecule has 0 bridgehead atoms. The molecule has 0 radical (unpaired) electrons.